The van der Waals surface area contributed by atoms with E-state index >= 15 is 0 Å². The average molecular weight is 246 g/mol. The Hall–Kier alpha value is -1.54. The zero-order valence-electron chi connectivity index (χ0n) is 9.70. The standard InChI is InChI=1S/C14H12ClNO/c1-14(2)11-8-9(15)5-6-10(11)13(17)12-4-3-7-16(12)14/h3-8H,1-2H3. The summed E-state index contributed by atoms with van der Waals surface area (Å²) in [6, 6.07) is 9.24. The lowest BCUT2D eigenvalue weighted by Gasteiger charge is -2.35. The van der Waals surface area contributed by atoms with Crippen molar-refractivity contribution in [2.75, 3.05) is 0 Å². The molecule has 0 amide bonds. The Morgan fingerprint density at radius 1 is 1.24 bits per heavy atom. The van der Waals surface area contributed by atoms with Gasteiger partial charge in [0.15, 0.2) is 0 Å². The van der Waals surface area contributed by atoms with Crippen molar-refractivity contribution in [3.05, 3.63) is 58.4 Å². The average Bonchev–Trinajstić information content (AvgIpc) is 2.76. The molecule has 2 heterocycles. The third-order valence-corrected chi connectivity index (χ3v) is 3.70. The normalized spacial score (nSPS) is 16.5. The van der Waals surface area contributed by atoms with E-state index in [-0.39, 0.29) is 11.3 Å². The molecule has 17 heavy (non-hydrogen) atoms. The summed E-state index contributed by atoms with van der Waals surface area (Å²) in [5, 5.41) is 0.667. The topological polar surface area (TPSA) is 22.0 Å². The molecule has 0 saturated carbocycles. The van der Waals surface area contributed by atoms with Gasteiger partial charge in [-0.15, -0.1) is 0 Å². The summed E-state index contributed by atoms with van der Waals surface area (Å²) in [5.74, 6) is 0.0704. The van der Waals surface area contributed by atoms with Gasteiger partial charge >= 0.3 is 0 Å². The van der Waals surface area contributed by atoms with Crippen molar-refractivity contribution in [3.63, 3.8) is 0 Å². The van der Waals surface area contributed by atoms with E-state index < -0.39 is 0 Å². The van der Waals surface area contributed by atoms with Gasteiger partial charge < -0.3 is 4.57 Å². The van der Waals surface area contributed by atoms with Gasteiger partial charge in [0.05, 0.1) is 11.2 Å². The lowest BCUT2D eigenvalue weighted by molar-refractivity contribution is 0.101. The fourth-order valence-corrected chi connectivity index (χ4v) is 2.71. The minimum atomic E-state index is -0.243. The third kappa shape index (κ3) is 1.31. The number of benzene rings is 1. The summed E-state index contributed by atoms with van der Waals surface area (Å²) in [5.41, 5.74) is 2.24. The van der Waals surface area contributed by atoms with E-state index in [0.29, 0.717) is 5.02 Å². The number of hydrogen-bond donors (Lipinski definition) is 0. The molecule has 2 aromatic rings. The number of rotatable bonds is 0. The van der Waals surface area contributed by atoms with Crippen LogP contribution >= 0.6 is 11.6 Å². The maximum atomic E-state index is 12.3. The van der Waals surface area contributed by atoms with Crippen LogP contribution in [0, 0.1) is 0 Å². The lowest BCUT2D eigenvalue weighted by Crippen LogP contribution is -2.36. The second kappa shape index (κ2) is 3.23. The van der Waals surface area contributed by atoms with E-state index in [0.717, 1.165) is 16.8 Å². The SMILES string of the molecule is CC1(C)c2cc(Cl)ccc2C(=O)c2cccn21. The van der Waals surface area contributed by atoms with Gasteiger partial charge in [-0.3, -0.25) is 4.79 Å². The highest BCUT2D eigenvalue weighted by molar-refractivity contribution is 6.31. The molecular weight excluding hydrogens is 234 g/mol. The quantitative estimate of drug-likeness (QED) is 0.697. The summed E-state index contributed by atoms with van der Waals surface area (Å²) in [6.45, 7) is 4.19. The molecule has 1 aliphatic rings. The molecule has 0 spiro atoms. The van der Waals surface area contributed by atoms with Gasteiger partial charge in [-0.25, -0.2) is 0 Å². The Bertz CT molecular complexity index is 625. The second-order valence-corrected chi connectivity index (χ2v) is 5.28. The number of aromatic nitrogens is 1. The monoisotopic (exact) mass is 245 g/mol. The van der Waals surface area contributed by atoms with Gasteiger partial charge in [-0.2, -0.15) is 0 Å². The van der Waals surface area contributed by atoms with Crippen LogP contribution in [0.4, 0.5) is 0 Å². The van der Waals surface area contributed by atoms with Gasteiger partial charge in [-0.1, -0.05) is 11.6 Å². The first-order valence-corrected chi connectivity index (χ1v) is 5.92. The largest absolute Gasteiger partial charge is 0.335 e. The number of fused-ring (bicyclic) bond motifs is 2. The molecule has 1 aromatic heterocycles. The molecule has 1 aromatic carbocycles. The van der Waals surface area contributed by atoms with Gasteiger partial charge in [0.25, 0.3) is 0 Å². The number of ketones is 1. The smallest absolute Gasteiger partial charge is 0.209 e. The molecule has 0 unspecified atom stereocenters. The van der Waals surface area contributed by atoms with E-state index in [4.69, 9.17) is 11.6 Å². The number of hydrogen-bond acceptors (Lipinski definition) is 1. The van der Waals surface area contributed by atoms with Crippen molar-refractivity contribution >= 4 is 17.4 Å². The van der Waals surface area contributed by atoms with Crippen molar-refractivity contribution in [1.29, 1.82) is 0 Å². The number of nitrogens with zero attached hydrogens (tertiary/aromatic N) is 1. The zero-order chi connectivity index (χ0) is 12.2. The van der Waals surface area contributed by atoms with E-state index in [9.17, 15) is 4.79 Å². The summed E-state index contributed by atoms with van der Waals surface area (Å²) < 4.78 is 2.01. The van der Waals surface area contributed by atoms with E-state index in [2.05, 4.69) is 13.8 Å². The van der Waals surface area contributed by atoms with Crippen LogP contribution in [-0.2, 0) is 5.54 Å². The Morgan fingerprint density at radius 3 is 2.76 bits per heavy atom. The van der Waals surface area contributed by atoms with Crippen molar-refractivity contribution in [3.8, 4) is 0 Å². The van der Waals surface area contributed by atoms with Crippen molar-refractivity contribution in [2.45, 2.75) is 19.4 Å². The van der Waals surface area contributed by atoms with Crippen molar-refractivity contribution < 1.29 is 4.79 Å². The molecule has 0 aliphatic carbocycles. The minimum Gasteiger partial charge on any atom is -0.335 e. The summed E-state index contributed by atoms with van der Waals surface area (Å²) in [6.07, 6.45) is 1.94. The summed E-state index contributed by atoms with van der Waals surface area (Å²) in [7, 11) is 0. The number of carbonyl (C=O) groups is 1. The molecule has 3 rings (SSSR count). The molecule has 1 aliphatic heterocycles. The van der Waals surface area contributed by atoms with Gasteiger partial charge in [0, 0.05) is 16.8 Å². The van der Waals surface area contributed by atoms with Crippen LogP contribution in [0.1, 0.15) is 35.5 Å². The fraction of sp³-hybridized carbons (Fsp3) is 0.214. The number of carbonyl (C=O) groups excluding carboxylic acids is 1. The van der Waals surface area contributed by atoms with Crippen LogP contribution in [0.25, 0.3) is 0 Å². The van der Waals surface area contributed by atoms with E-state index in [1.54, 1.807) is 6.07 Å². The Balaban J connectivity index is 2.37. The first kappa shape index (κ1) is 10.6. The molecule has 0 fully saturated rings. The van der Waals surface area contributed by atoms with Crippen LogP contribution in [0.5, 0.6) is 0 Å². The summed E-state index contributed by atoms with van der Waals surface area (Å²) >= 11 is 6.03. The predicted molar refractivity (Wildman–Crippen MR) is 67.7 cm³/mol. The molecule has 0 saturated heterocycles. The van der Waals surface area contributed by atoms with Crippen LogP contribution < -0.4 is 0 Å². The van der Waals surface area contributed by atoms with E-state index in [1.807, 2.05) is 35.0 Å². The van der Waals surface area contributed by atoms with Crippen LogP contribution in [-0.4, -0.2) is 10.4 Å². The maximum absolute atomic E-state index is 12.3. The molecule has 2 nitrogen and oxygen atoms in total. The van der Waals surface area contributed by atoms with Gasteiger partial charge in [0.1, 0.15) is 0 Å². The lowest BCUT2D eigenvalue weighted by atomic mass is 9.84. The first-order chi connectivity index (χ1) is 8.01. The Kier molecular flexibility index (Phi) is 2.02. The third-order valence-electron chi connectivity index (χ3n) is 3.47. The molecular formula is C14H12ClNO. The molecule has 0 radical (unpaired) electrons. The van der Waals surface area contributed by atoms with Crippen molar-refractivity contribution in [2.24, 2.45) is 0 Å². The highest BCUT2D eigenvalue weighted by atomic mass is 35.5. The highest BCUT2D eigenvalue weighted by Crippen LogP contribution is 2.37. The Morgan fingerprint density at radius 2 is 2.00 bits per heavy atom. The summed E-state index contributed by atoms with van der Waals surface area (Å²) in [4.78, 5) is 12.3. The Labute approximate surface area is 105 Å². The molecule has 3 heteroatoms. The number of halogens is 1. The van der Waals surface area contributed by atoms with Crippen LogP contribution in [0.3, 0.4) is 0 Å². The highest BCUT2D eigenvalue weighted by Gasteiger charge is 2.35. The molecule has 86 valence electrons. The zero-order valence-corrected chi connectivity index (χ0v) is 10.5. The molecule has 0 atom stereocenters. The van der Waals surface area contributed by atoms with Crippen LogP contribution in [0.2, 0.25) is 5.02 Å². The van der Waals surface area contributed by atoms with Gasteiger partial charge in [0.2, 0.25) is 5.78 Å². The molecule has 0 N–H and O–H groups in total. The second-order valence-electron chi connectivity index (χ2n) is 4.84. The maximum Gasteiger partial charge on any atom is 0.209 e. The fourth-order valence-electron chi connectivity index (χ4n) is 2.54. The first-order valence-electron chi connectivity index (χ1n) is 5.54. The van der Waals surface area contributed by atoms with Crippen molar-refractivity contribution in [1.82, 2.24) is 4.57 Å². The minimum absolute atomic E-state index is 0.0704. The van der Waals surface area contributed by atoms with E-state index in [1.165, 1.54) is 0 Å². The van der Waals surface area contributed by atoms with Crippen LogP contribution in [0.15, 0.2) is 36.5 Å². The molecule has 0 bridgehead atoms. The van der Waals surface area contributed by atoms with Gasteiger partial charge in [-0.05, 0) is 49.7 Å². The predicted octanol–water partition coefficient (Wildman–Crippen LogP) is 3.47.